The van der Waals surface area contributed by atoms with Crippen molar-refractivity contribution in [1.82, 2.24) is 0 Å². The van der Waals surface area contributed by atoms with Crippen LogP contribution in [0.4, 0.5) is 0 Å². The molecule has 1 spiro atoms. The minimum Gasteiger partial charge on any atom is -0.494 e. The minimum absolute atomic E-state index is 0.0479. The molecule has 1 aromatic rings. The summed E-state index contributed by atoms with van der Waals surface area (Å²) in [7, 11) is 2.93. The fraction of sp³-hybridized carbons (Fsp3) is 0.533. The topological polar surface area (TPSA) is 35.5 Å². The number of thioether (sulfide) groups is 2. The summed E-state index contributed by atoms with van der Waals surface area (Å²) in [5.74, 6) is 2.35. The lowest BCUT2D eigenvalue weighted by atomic mass is 9.86. The number of benzene rings is 1. The highest BCUT2D eigenvalue weighted by Gasteiger charge is 2.43. The van der Waals surface area contributed by atoms with Gasteiger partial charge in [-0.2, -0.15) is 0 Å². The molecule has 114 valence electrons. The lowest BCUT2D eigenvalue weighted by Gasteiger charge is -2.35. The van der Waals surface area contributed by atoms with E-state index in [-0.39, 0.29) is 10.0 Å². The number of rotatable bonds is 2. The molecule has 3 rings (SSSR count). The van der Waals surface area contributed by atoms with Gasteiger partial charge in [0.1, 0.15) is 5.56 Å². The smallest absolute Gasteiger partial charge is 0.341 e. The van der Waals surface area contributed by atoms with Gasteiger partial charge in [0.2, 0.25) is 0 Å². The lowest BCUT2D eigenvalue weighted by molar-refractivity contribution is 0.0595. The SMILES string of the molecule is COC(=O)c1c2c(cc(Cl)c1OC)C1(CCC2)SCCS1. The molecule has 6 heteroatoms. The van der Waals surface area contributed by atoms with E-state index in [2.05, 4.69) is 0 Å². The first-order chi connectivity index (χ1) is 10.1. The summed E-state index contributed by atoms with van der Waals surface area (Å²) >= 11 is 10.3. The van der Waals surface area contributed by atoms with Crippen molar-refractivity contribution in [3.63, 3.8) is 0 Å². The third-order valence-electron chi connectivity index (χ3n) is 4.03. The van der Waals surface area contributed by atoms with E-state index in [0.717, 1.165) is 36.3 Å². The van der Waals surface area contributed by atoms with E-state index in [9.17, 15) is 4.79 Å². The predicted molar refractivity (Wildman–Crippen MR) is 88.9 cm³/mol. The highest BCUT2D eigenvalue weighted by molar-refractivity contribution is 8.20. The van der Waals surface area contributed by atoms with Gasteiger partial charge >= 0.3 is 5.97 Å². The van der Waals surface area contributed by atoms with Crippen LogP contribution in [-0.4, -0.2) is 31.7 Å². The second-order valence-corrected chi connectivity index (χ2v) is 8.54. The van der Waals surface area contributed by atoms with E-state index >= 15 is 0 Å². The molecule has 0 radical (unpaired) electrons. The maximum absolute atomic E-state index is 12.2. The number of carbonyl (C=O) groups is 1. The Morgan fingerprint density at radius 1 is 1.33 bits per heavy atom. The molecule has 3 nitrogen and oxygen atoms in total. The van der Waals surface area contributed by atoms with Crippen molar-refractivity contribution in [1.29, 1.82) is 0 Å². The standard InChI is InChI=1S/C15H17ClO3S2/c1-18-13-11(16)8-10-9(12(13)14(17)19-2)4-3-5-15(10)20-6-7-21-15/h8H,3-7H2,1-2H3. The van der Waals surface area contributed by atoms with E-state index in [0.29, 0.717) is 16.3 Å². The number of hydrogen-bond acceptors (Lipinski definition) is 5. The first kappa shape index (κ1) is 15.4. The van der Waals surface area contributed by atoms with Crippen LogP contribution in [0.15, 0.2) is 6.07 Å². The van der Waals surface area contributed by atoms with E-state index in [1.165, 1.54) is 19.8 Å². The summed E-state index contributed by atoms with van der Waals surface area (Å²) < 4.78 is 10.4. The summed E-state index contributed by atoms with van der Waals surface area (Å²) in [4.78, 5) is 12.2. The Morgan fingerprint density at radius 3 is 2.67 bits per heavy atom. The van der Waals surface area contributed by atoms with Gasteiger partial charge < -0.3 is 9.47 Å². The van der Waals surface area contributed by atoms with Crippen LogP contribution in [0.25, 0.3) is 0 Å². The van der Waals surface area contributed by atoms with Crippen LogP contribution in [0.2, 0.25) is 5.02 Å². The molecule has 21 heavy (non-hydrogen) atoms. The van der Waals surface area contributed by atoms with Crippen molar-refractivity contribution >= 4 is 41.1 Å². The molecule has 0 bridgehead atoms. The summed E-state index contributed by atoms with van der Waals surface area (Å²) in [5, 5.41) is 0.492. The quantitative estimate of drug-likeness (QED) is 0.755. The van der Waals surface area contributed by atoms with Crippen LogP contribution in [0.3, 0.4) is 0 Å². The second-order valence-electron chi connectivity index (χ2n) is 5.09. The molecule has 0 amide bonds. The Kier molecular flexibility index (Phi) is 4.35. The lowest BCUT2D eigenvalue weighted by Crippen LogP contribution is -2.25. The van der Waals surface area contributed by atoms with Crippen LogP contribution in [0.1, 0.15) is 34.3 Å². The average molecular weight is 345 g/mol. The van der Waals surface area contributed by atoms with E-state index < -0.39 is 0 Å². The highest BCUT2D eigenvalue weighted by atomic mass is 35.5. The number of halogens is 1. The number of methoxy groups -OCH3 is 2. The predicted octanol–water partition coefficient (Wildman–Crippen LogP) is 4.10. The number of esters is 1. The molecule has 1 aliphatic carbocycles. The molecule has 1 fully saturated rings. The van der Waals surface area contributed by atoms with Crippen molar-refractivity contribution in [3.05, 3.63) is 27.8 Å². The van der Waals surface area contributed by atoms with Crippen LogP contribution < -0.4 is 4.74 Å². The maximum Gasteiger partial charge on any atom is 0.341 e. The molecule has 0 aromatic heterocycles. The summed E-state index contributed by atoms with van der Waals surface area (Å²) in [6, 6.07) is 1.99. The zero-order chi connectivity index (χ0) is 15.0. The van der Waals surface area contributed by atoms with Crippen LogP contribution >= 0.6 is 35.1 Å². The highest BCUT2D eigenvalue weighted by Crippen LogP contribution is 2.59. The van der Waals surface area contributed by atoms with Gasteiger partial charge in [0.15, 0.2) is 5.75 Å². The summed E-state index contributed by atoms with van der Waals surface area (Å²) in [6.07, 6.45) is 3.07. The fourth-order valence-electron chi connectivity index (χ4n) is 3.17. The Hall–Kier alpha value is -0.520. The molecule has 1 aromatic carbocycles. The number of hydrogen-bond donors (Lipinski definition) is 0. The van der Waals surface area contributed by atoms with Crippen molar-refractivity contribution in [2.45, 2.75) is 23.3 Å². The van der Waals surface area contributed by atoms with Gasteiger partial charge in [-0.05, 0) is 36.5 Å². The Morgan fingerprint density at radius 2 is 2.05 bits per heavy atom. The maximum atomic E-state index is 12.2. The minimum atomic E-state index is -0.365. The van der Waals surface area contributed by atoms with Gasteiger partial charge in [0.25, 0.3) is 0 Å². The van der Waals surface area contributed by atoms with Crippen molar-refractivity contribution in [2.24, 2.45) is 0 Å². The zero-order valence-corrected chi connectivity index (χ0v) is 14.4. The Balaban J connectivity index is 2.24. The average Bonchev–Trinajstić information content (AvgIpc) is 2.95. The number of carbonyl (C=O) groups excluding carboxylic acids is 1. The van der Waals surface area contributed by atoms with Crippen LogP contribution in [-0.2, 0) is 15.2 Å². The molecular formula is C15H17ClO3S2. The van der Waals surface area contributed by atoms with Crippen molar-refractivity contribution in [2.75, 3.05) is 25.7 Å². The zero-order valence-electron chi connectivity index (χ0n) is 12.0. The first-order valence-corrected chi connectivity index (χ1v) is 9.24. The summed E-state index contributed by atoms with van der Waals surface area (Å²) in [6.45, 7) is 0. The molecule has 1 aliphatic heterocycles. The first-order valence-electron chi connectivity index (χ1n) is 6.89. The van der Waals surface area contributed by atoms with Gasteiger partial charge in [-0.15, -0.1) is 23.5 Å². The van der Waals surface area contributed by atoms with Crippen LogP contribution in [0.5, 0.6) is 5.75 Å². The monoisotopic (exact) mass is 344 g/mol. The van der Waals surface area contributed by atoms with Gasteiger partial charge in [0, 0.05) is 11.5 Å². The molecule has 0 saturated carbocycles. The number of ether oxygens (including phenoxy) is 2. The molecule has 0 atom stereocenters. The molecular weight excluding hydrogens is 328 g/mol. The van der Waals surface area contributed by atoms with Gasteiger partial charge in [-0.3, -0.25) is 0 Å². The second kappa shape index (κ2) is 5.94. The largest absolute Gasteiger partial charge is 0.494 e. The molecule has 2 aliphatic rings. The normalized spacial score (nSPS) is 19.4. The third kappa shape index (κ3) is 2.43. The van der Waals surface area contributed by atoms with E-state index in [1.54, 1.807) is 0 Å². The van der Waals surface area contributed by atoms with E-state index in [4.69, 9.17) is 21.1 Å². The number of fused-ring (bicyclic) bond motifs is 2. The molecule has 1 heterocycles. The van der Waals surface area contributed by atoms with Gasteiger partial charge in [-0.25, -0.2) is 4.79 Å². The Labute approximate surface area is 138 Å². The Bertz CT molecular complexity index is 583. The molecule has 0 unspecified atom stereocenters. The van der Waals surface area contributed by atoms with Gasteiger partial charge in [0.05, 0.1) is 23.3 Å². The van der Waals surface area contributed by atoms with Crippen molar-refractivity contribution in [3.8, 4) is 5.75 Å². The molecule has 1 saturated heterocycles. The fourth-order valence-corrected chi connectivity index (χ4v) is 6.87. The molecule has 0 N–H and O–H groups in total. The van der Waals surface area contributed by atoms with Gasteiger partial charge in [-0.1, -0.05) is 11.6 Å². The van der Waals surface area contributed by atoms with Crippen molar-refractivity contribution < 1.29 is 14.3 Å². The third-order valence-corrected chi connectivity index (χ3v) is 7.88. The van der Waals surface area contributed by atoms with Crippen LogP contribution in [0, 0.1) is 0 Å². The summed E-state index contributed by atoms with van der Waals surface area (Å²) in [5.41, 5.74) is 2.75. The van der Waals surface area contributed by atoms with E-state index in [1.807, 2.05) is 29.6 Å².